The van der Waals surface area contributed by atoms with Gasteiger partial charge in [-0.2, -0.15) is 34.1 Å². The summed E-state index contributed by atoms with van der Waals surface area (Å²) in [5, 5.41) is 28.0. The summed E-state index contributed by atoms with van der Waals surface area (Å²) in [7, 11) is -6.64. The molecule has 0 aliphatic heterocycles. The van der Waals surface area contributed by atoms with Crippen molar-refractivity contribution in [3.8, 4) is 56.5 Å². The molecule has 22 nitrogen and oxygen atoms in total. The van der Waals surface area contributed by atoms with Crippen LogP contribution >= 0.6 is 53.6 Å². The van der Waals surface area contributed by atoms with Crippen LogP contribution < -0.4 is 9.44 Å². The van der Waals surface area contributed by atoms with Crippen LogP contribution in [0.1, 0.15) is 155 Å². The zero-order chi connectivity index (χ0) is 108. The number of benzene rings is 6. The number of nitrogen functional groups attached to an aromatic ring is 1. The molecule has 15 aromatic rings. The average Bonchev–Trinajstić information content (AvgIpc) is 1.60. The molecule has 4 N–H and O–H groups in total. The van der Waals surface area contributed by atoms with Crippen molar-refractivity contribution in [1.82, 2.24) is 54.3 Å². The first-order valence-electron chi connectivity index (χ1n) is 50.3. The van der Waals surface area contributed by atoms with Crippen molar-refractivity contribution in [3.05, 3.63) is 335 Å². The molecule has 0 radical (unpaired) electrons. The van der Waals surface area contributed by atoms with Crippen LogP contribution in [0, 0.1) is 0 Å². The van der Waals surface area contributed by atoms with E-state index >= 15 is 0 Å². The smallest absolute Gasteiger partial charge is 0.264 e. The van der Waals surface area contributed by atoms with E-state index in [-0.39, 0.29) is 30.8 Å². The van der Waals surface area contributed by atoms with Gasteiger partial charge in [0.1, 0.15) is 0 Å². The van der Waals surface area contributed by atoms with Crippen LogP contribution in [0.3, 0.4) is 0 Å². The number of aromatic nitrogens is 11. The van der Waals surface area contributed by atoms with Crippen LogP contribution in [0.4, 0.5) is 5.95 Å². The number of hydrogen-bond donors (Lipinski definition) is 3. The Morgan fingerprint density at radius 2 is 0.823 bits per heavy atom. The van der Waals surface area contributed by atoms with Gasteiger partial charge in [-0.05, 0) is 203 Å². The van der Waals surface area contributed by atoms with Gasteiger partial charge in [0.05, 0.1) is 54.0 Å². The van der Waals surface area contributed by atoms with Gasteiger partial charge in [-0.25, -0.2) is 18.1 Å². The van der Waals surface area contributed by atoms with Crippen LogP contribution in [0.25, 0.3) is 73.2 Å². The molecule has 6 aromatic carbocycles. The standard InChI is InChI=1S/C23H18N8O.C19H27NOSi.C14H23BrOSi.C14H15NO3S.C13H13NO.C8H9BrO.C6H15ClSi.C5H4N.3C4H9.CH3ClO2S.Sn/c24-23-28-21-17(22-27-20(29-31(22)23)19-5-3-13-32-19)14-26-30(21)12-10-15-6-8-16(9-7-15)18-4-1-2-11-25-18;1-19(2,3)22(4,5)21-15-13-16-9-11-17(12-10-16)18-8-6-7-14-20-18;1-14(2,3)17(4,5)16-11-10-12-6-8-13(15)9-7-12;1-19(16,17)18-10-8-12-4-6-13(7-5-12)14-3-2-9-15-11-14;15-10-8-11-4-6-12(7-5-11)13-3-1-2-9-14-13;9-8-3-1-7(2-4-8)5-6-10;1-6(2,3)8(4,5)7;1-2-4-6-5-3-1;3*1-3-4-2;1-5(2,3)4;/h1-9,11,13-14H,10,12H2,(H2,24,28);6-12,14H,13,15H2,1-5H3;6-9H,10-11H2,1-5H3;2-7,9,11H,8,10H2,1H3;1-7,9,15H,8,10H2;1-4,10H,5-6H2;1-5H3;1-4H;3*1,3-4H2,2H3;1H3;. The van der Waals surface area contributed by atoms with Gasteiger partial charge >= 0.3 is 124 Å². The van der Waals surface area contributed by atoms with E-state index in [9.17, 15) is 16.8 Å². The van der Waals surface area contributed by atoms with Gasteiger partial charge in [0.25, 0.3) is 10.1 Å². The minimum absolute atomic E-state index is 0.172. The van der Waals surface area contributed by atoms with Gasteiger partial charge in [0.15, 0.2) is 41.1 Å². The fourth-order valence-corrected chi connectivity index (χ4v) is 32.5. The number of furan rings is 1. The number of fused-ring (bicyclic) bond motifs is 3. The van der Waals surface area contributed by atoms with Crippen molar-refractivity contribution in [1.29, 1.82) is 0 Å². The van der Waals surface area contributed by atoms with Crippen molar-refractivity contribution in [3.63, 3.8) is 0 Å². The number of pyridine rings is 5. The number of aliphatic hydroxyl groups excluding tert-OH is 2. The average molecular weight is 2360 g/mol. The number of unbranched alkanes of at least 4 members (excludes halogenated alkanes) is 3. The largest absolute Gasteiger partial charge is 0.461 e. The Morgan fingerprint density at radius 3 is 1.16 bits per heavy atom. The molecule has 147 heavy (non-hydrogen) atoms. The maximum atomic E-state index is 10.8. The van der Waals surface area contributed by atoms with E-state index in [0.29, 0.717) is 52.3 Å². The van der Waals surface area contributed by atoms with Gasteiger partial charge in [0, 0.05) is 100 Å². The molecule has 0 aliphatic rings. The summed E-state index contributed by atoms with van der Waals surface area (Å²) in [6, 6.07) is 81.4. The predicted molar refractivity (Wildman–Crippen MR) is 629 cm³/mol. The fourth-order valence-electron chi connectivity index (χ4n) is 14.0. The first-order chi connectivity index (χ1) is 69.6. The molecule has 0 aliphatic carbocycles. The second kappa shape index (κ2) is 62.0. The summed E-state index contributed by atoms with van der Waals surface area (Å²) < 4.78 is 74.6. The Bertz CT molecular complexity index is 6450. The zero-order valence-electron chi connectivity index (χ0n) is 89.5. The molecular formula is C115H154Br2Cl2N12O10S2Si3Sn. The Hall–Kier alpha value is -9.14. The van der Waals surface area contributed by atoms with Crippen LogP contribution in [0.2, 0.25) is 67.7 Å². The number of nitrogens with two attached hydrogens (primary N) is 1. The predicted octanol–water partition coefficient (Wildman–Crippen LogP) is 29.0. The van der Waals surface area contributed by atoms with Gasteiger partial charge in [0.2, 0.25) is 20.8 Å². The third kappa shape index (κ3) is 45.1. The molecule has 0 saturated carbocycles. The molecular weight excluding hydrogens is 2210 g/mol. The fraction of sp³-hybridized carbons (Fsp3) is 0.383. The topological polar surface area (TPSA) is 301 Å². The summed E-state index contributed by atoms with van der Waals surface area (Å²) in [6.07, 6.45) is 29.3. The van der Waals surface area contributed by atoms with E-state index < -0.39 is 61.6 Å². The molecule has 0 spiro atoms. The number of halogens is 4. The summed E-state index contributed by atoms with van der Waals surface area (Å²) >= 11 is 10.7. The van der Waals surface area contributed by atoms with Crippen LogP contribution in [0.5, 0.6) is 0 Å². The number of anilines is 1. The number of nitrogens with zero attached hydrogens (tertiary/aromatic N) is 11. The van der Waals surface area contributed by atoms with E-state index in [1.165, 1.54) is 78.6 Å². The van der Waals surface area contributed by atoms with Crippen LogP contribution in [0.15, 0.2) is 306 Å². The minimum Gasteiger partial charge on any atom is -0.461 e. The molecule has 0 saturated heterocycles. The van der Waals surface area contributed by atoms with Crippen molar-refractivity contribution in [2.45, 2.75) is 234 Å². The van der Waals surface area contributed by atoms with Gasteiger partial charge in [-0.3, -0.25) is 24.1 Å². The molecule has 0 bridgehead atoms. The van der Waals surface area contributed by atoms with Gasteiger partial charge in [-0.1, -0.05) is 253 Å². The normalized spacial score (nSPS) is 11.7. The molecule has 9 aromatic heterocycles. The second-order valence-electron chi connectivity index (χ2n) is 40.6. The van der Waals surface area contributed by atoms with E-state index in [0.717, 1.165) is 122 Å². The molecule has 0 unspecified atom stereocenters. The summed E-state index contributed by atoms with van der Waals surface area (Å²) in [4.78, 5) is 31.0. The Balaban J connectivity index is 0.000000232. The molecule has 0 atom stereocenters. The molecule has 0 amide bonds. The summed E-state index contributed by atoms with van der Waals surface area (Å²) in [5.74, 6) is 1.28. The Kier molecular flexibility index (Phi) is 52.6. The first kappa shape index (κ1) is 125. The Morgan fingerprint density at radius 1 is 0.442 bits per heavy atom. The first-order valence-corrected chi connectivity index (χ1v) is 73.8. The van der Waals surface area contributed by atoms with E-state index in [1.807, 2.05) is 163 Å². The van der Waals surface area contributed by atoms with Crippen molar-refractivity contribution >= 4 is 142 Å². The number of rotatable bonds is 34. The number of aryl methyl sites for hydroxylation is 2. The van der Waals surface area contributed by atoms with Crippen molar-refractivity contribution in [2.24, 2.45) is 0 Å². The minimum atomic E-state index is -3.35. The van der Waals surface area contributed by atoms with Crippen LogP contribution in [-0.2, 0) is 77.3 Å². The number of aliphatic hydroxyl groups is 2. The molecule has 32 heteroatoms. The molecule has 790 valence electrons. The van der Waals surface area contributed by atoms with E-state index in [2.05, 4.69) is 296 Å². The third-order valence-electron chi connectivity index (χ3n) is 25.8. The van der Waals surface area contributed by atoms with Gasteiger partial charge < -0.3 is 29.2 Å². The van der Waals surface area contributed by atoms with Crippen molar-refractivity contribution in [2.75, 3.05) is 51.3 Å². The zero-order valence-corrected chi connectivity index (χ0v) is 102. The summed E-state index contributed by atoms with van der Waals surface area (Å²) in [5.41, 5.74) is 23.1. The maximum Gasteiger partial charge on any atom is 0.264 e. The van der Waals surface area contributed by atoms with Crippen molar-refractivity contribution < 1.29 is 44.5 Å². The monoisotopic (exact) mass is 2360 g/mol. The SMILES string of the molecule is CC(C)(C)[Si](C)(C)Cl.CC(C)(C)[Si](C)(C)OCCc1ccc(-c2ccccn2)cc1.CC(C)(C)[Si](C)(C)OCCc1ccc(Br)cc1.CCC[CH2][Sn]([CH2]CCC)([CH2]CCC)[c]1ccccn1.CS(=O)(=O)Cl.CS(=O)(=O)OCCc1ccc(-c2cccnc2)cc1.Nc1nc2c(cnn2CCc2ccc(-c3ccccn3)cc2)c2nc(-c3ccco3)nn12.OCCc1ccc(-c2ccccn2)cc1.OCCc1ccc(Br)cc1. The molecule has 0 fully saturated rings. The van der Waals surface area contributed by atoms with E-state index in [4.69, 9.17) is 49.5 Å². The summed E-state index contributed by atoms with van der Waals surface area (Å²) in [6.45, 7) is 43.7. The molecule has 15 rings (SSSR count). The molecule has 9 heterocycles. The number of hydrogen-bond acceptors (Lipinski definition) is 20. The van der Waals surface area contributed by atoms with Gasteiger partial charge in [-0.15, -0.1) is 5.10 Å². The quantitative estimate of drug-likeness (QED) is 0.0146. The Labute approximate surface area is 908 Å². The van der Waals surface area contributed by atoms with E-state index in [1.54, 1.807) is 46.9 Å². The maximum absolute atomic E-state index is 10.8. The van der Waals surface area contributed by atoms with Crippen LogP contribution in [-0.4, -0.2) is 169 Å². The second-order valence-corrected chi connectivity index (χ2v) is 77.0. The third-order valence-corrected chi connectivity index (χ3v) is 57.0.